The number of hydrogen-bond acceptors (Lipinski definition) is 7. The van der Waals surface area contributed by atoms with Gasteiger partial charge in [0, 0.05) is 30.5 Å². The fourth-order valence-corrected chi connectivity index (χ4v) is 4.27. The van der Waals surface area contributed by atoms with Crippen LogP contribution in [0.1, 0.15) is 35.7 Å². The molecule has 31 heavy (non-hydrogen) atoms. The molecule has 2 N–H and O–H groups in total. The van der Waals surface area contributed by atoms with E-state index in [9.17, 15) is 0 Å². The third kappa shape index (κ3) is 4.00. The van der Waals surface area contributed by atoms with Crippen molar-refractivity contribution in [2.75, 3.05) is 35.2 Å². The number of nitrogens with zero attached hydrogens (tertiary/aromatic N) is 4. The van der Waals surface area contributed by atoms with Crippen molar-refractivity contribution in [3.63, 3.8) is 0 Å². The van der Waals surface area contributed by atoms with Crippen LogP contribution in [0.5, 0.6) is 5.88 Å². The minimum absolute atomic E-state index is 0.638. The van der Waals surface area contributed by atoms with Gasteiger partial charge in [-0.05, 0) is 43.0 Å². The summed E-state index contributed by atoms with van der Waals surface area (Å²) < 4.78 is 5.68. The summed E-state index contributed by atoms with van der Waals surface area (Å²) in [5, 5.41) is 6.78. The molecule has 0 saturated carbocycles. The highest BCUT2D eigenvalue weighted by molar-refractivity contribution is 5.70. The van der Waals surface area contributed by atoms with Crippen molar-refractivity contribution in [1.82, 2.24) is 15.0 Å². The first-order chi connectivity index (χ1) is 15.2. The van der Waals surface area contributed by atoms with E-state index in [1.165, 1.54) is 16.7 Å². The van der Waals surface area contributed by atoms with Crippen LogP contribution in [-0.4, -0.2) is 34.6 Å². The molecule has 0 bridgehead atoms. The lowest BCUT2D eigenvalue weighted by Crippen LogP contribution is -2.32. The van der Waals surface area contributed by atoms with Gasteiger partial charge in [0.1, 0.15) is 12.3 Å². The number of aryl methyl sites for hydroxylation is 1. The number of aromatic nitrogens is 3. The number of hydrogen-bond donors (Lipinski definition) is 2. The number of ether oxygens (including phenoxy) is 1. The number of anilines is 4. The molecule has 160 valence electrons. The Hall–Kier alpha value is -3.35. The number of pyridine rings is 1. The molecule has 7 heteroatoms. The van der Waals surface area contributed by atoms with Crippen LogP contribution in [0.2, 0.25) is 0 Å². The van der Waals surface area contributed by atoms with Crippen LogP contribution in [0.3, 0.4) is 0 Å². The second-order valence-corrected chi connectivity index (χ2v) is 8.13. The van der Waals surface area contributed by atoms with Crippen LogP contribution in [0.25, 0.3) is 0 Å². The summed E-state index contributed by atoms with van der Waals surface area (Å²) >= 11 is 0. The van der Waals surface area contributed by atoms with Crippen LogP contribution in [0, 0.1) is 6.92 Å². The van der Waals surface area contributed by atoms with E-state index in [2.05, 4.69) is 63.6 Å². The van der Waals surface area contributed by atoms with Gasteiger partial charge >= 0.3 is 0 Å². The number of benzene rings is 1. The predicted octanol–water partition coefficient (Wildman–Crippen LogP) is 4.24. The summed E-state index contributed by atoms with van der Waals surface area (Å²) in [5.41, 5.74) is 7.94. The zero-order valence-electron chi connectivity index (χ0n) is 18.1. The van der Waals surface area contributed by atoms with Gasteiger partial charge in [0.25, 0.3) is 0 Å². The Balaban J connectivity index is 1.35. The molecule has 4 heterocycles. The third-order valence-electron chi connectivity index (χ3n) is 5.96. The quantitative estimate of drug-likeness (QED) is 0.644. The van der Waals surface area contributed by atoms with E-state index in [1.807, 2.05) is 12.4 Å². The maximum absolute atomic E-state index is 5.68. The first kappa shape index (κ1) is 19.6. The molecule has 0 fully saturated rings. The molecule has 2 aromatic heterocycles. The zero-order chi connectivity index (χ0) is 21.2. The van der Waals surface area contributed by atoms with Crippen LogP contribution in [0.4, 0.5) is 23.0 Å². The lowest BCUT2D eigenvalue weighted by atomic mass is 10.0. The fraction of sp³-hybridized carbons (Fsp3) is 0.375. The van der Waals surface area contributed by atoms with Crippen LogP contribution < -0.4 is 20.3 Å². The van der Waals surface area contributed by atoms with Crippen molar-refractivity contribution < 1.29 is 4.74 Å². The lowest BCUT2D eigenvalue weighted by molar-refractivity contribution is 0.310. The number of fused-ring (bicyclic) bond motifs is 2. The highest BCUT2D eigenvalue weighted by atomic mass is 16.5. The molecule has 5 rings (SSSR count). The fourth-order valence-electron chi connectivity index (χ4n) is 4.27. The predicted molar refractivity (Wildman–Crippen MR) is 123 cm³/mol. The molecule has 0 spiro atoms. The number of nitrogens with one attached hydrogen (secondary N) is 2. The molecule has 1 aromatic carbocycles. The Bertz CT molecular complexity index is 1080. The average Bonchev–Trinajstić information content (AvgIpc) is 2.80. The van der Waals surface area contributed by atoms with Gasteiger partial charge in [-0.15, -0.1) is 0 Å². The van der Waals surface area contributed by atoms with Gasteiger partial charge < -0.3 is 20.3 Å². The minimum atomic E-state index is 0.638. The molecule has 0 saturated heterocycles. The minimum Gasteiger partial charge on any atom is -0.474 e. The van der Waals surface area contributed by atoms with E-state index in [1.54, 1.807) is 0 Å². The molecule has 0 aliphatic carbocycles. The molecule has 3 aromatic rings. The Labute approximate surface area is 182 Å². The Morgan fingerprint density at radius 1 is 1.16 bits per heavy atom. The molecular weight excluding hydrogens is 388 g/mol. The molecule has 0 amide bonds. The molecule has 0 radical (unpaired) electrons. The molecular formula is C24H28N6O. The third-order valence-corrected chi connectivity index (χ3v) is 5.96. The SMILES string of the molecule is CCCc1ccc(Nc2ncc3c(n2)CN(c2cnc4c(c2C)NCCO4)CC3)cc1. The van der Waals surface area contributed by atoms with E-state index in [0.717, 1.165) is 61.7 Å². The summed E-state index contributed by atoms with van der Waals surface area (Å²) in [6.45, 7) is 7.45. The highest BCUT2D eigenvalue weighted by Gasteiger charge is 2.24. The lowest BCUT2D eigenvalue weighted by Gasteiger charge is -2.32. The van der Waals surface area contributed by atoms with Gasteiger partial charge in [0.15, 0.2) is 0 Å². The summed E-state index contributed by atoms with van der Waals surface area (Å²) in [5.74, 6) is 1.34. The van der Waals surface area contributed by atoms with Gasteiger partial charge in [0.2, 0.25) is 11.8 Å². The summed E-state index contributed by atoms with van der Waals surface area (Å²) in [6, 6.07) is 8.51. The van der Waals surface area contributed by atoms with Gasteiger partial charge in [-0.3, -0.25) is 0 Å². The normalized spacial score (nSPS) is 14.8. The van der Waals surface area contributed by atoms with Gasteiger partial charge in [-0.25, -0.2) is 15.0 Å². The van der Waals surface area contributed by atoms with Gasteiger partial charge in [-0.1, -0.05) is 25.5 Å². The highest BCUT2D eigenvalue weighted by Crippen LogP contribution is 2.36. The van der Waals surface area contributed by atoms with Crippen LogP contribution in [0.15, 0.2) is 36.7 Å². The summed E-state index contributed by atoms with van der Waals surface area (Å²) in [4.78, 5) is 16.3. The van der Waals surface area contributed by atoms with Crippen molar-refractivity contribution in [3.05, 3.63) is 59.0 Å². The van der Waals surface area contributed by atoms with E-state index < -0.39 is 0 Å². The standard InChI is InChI=1S/C24H28N6O/c1-3-4-17-5-7-19(8-6-17)28-24-27-13-18-9-11-30(15-20(18)29-24)21-14-26-23-22(16(21)2)25-10-12-31-23/h5-8,13-14,25H,3-4,9-12,15H2,1-2H3,(H,27,28,29). The molecule has 0 atom stereocenters. The molecule has 2 aliphatic rings. The summed E-state index contributed by atoms with van der Waals surface area (Å²) in [7, 11) is 0. The molecule has 0 unspecified atom stereocenters. The second-order valence-electron chi connectivity index (χ2n) is 8.13. The smallest absolute Gasteiger partial charge is 0.237 e. The van der Waals surface area contributed by atoms with Crippen molar-refractivity contribution in [2.45, 2.75) is 39.7 Å². The first-order valence-electron chi connectivity index (χ1n) is 11.0. The van der Waals surface area contributed by atoms with E-state index in [4.69, 9.17) is 9.72 Å². The van der Waals surface area contributed by atoms with E-state index >= 15 is 0 Å². The maximum Gasteiger partial charge on any atom is 0.237 e. The van der Waals surface area contributed by atoms with Gasteiger partial charge in [-0.2, -0.15) is 0 Å². The average molecular weight is 417 g/mol. The largest absolute Gasteiger partial charge is 0.474 e. The van der Waals surface area contributed by atoms with Crippen molar-refractivity contribution in [1.29, 1.82) is 0 Å². The Morgan fingerprint density at radius 2 is 2.03 bits per heavy atom. The molecule has 2 aliphatic heterocycles. The number of rotatable bonds is 5. The zero-order valence-corrected chi connectivity index (χ0v) is 18.1. The Morgan fingerprint density at radius 3 is 2.87 bits per heavy atom. The van der Waals surface area contributed by atoms with Crippen molar-refractivity contribution in [2.24, 2.45) is 0 Å². The van der Waals surface area contributed by atoms with Crippen LogP contribution >= 0.6 is 0 Å². The topological polar surface area (TPSA) is 75.2 Å². The first-order valence-corrected chi connectivity index (χ1v) is 11.0. The molecule has 7 nitrogen and oxygen atoms in total. The summed E-state index contributed by atoms with van der Waals surface area (Å²) in [6.07, 6.45) is 7.05. The van der Waals surface area contributed by atoms with E-state index in [-0.39, 0.29) is 0 Å². The van der Waals surface area contributed by atoms with Crippen LogP contribution in [-0.2, 0) is 19.4 Å². The maximum atomic E-state index is 5.68. The van der Waals surface area contributed by atoms with E-state index in [0.29, 0.717) is 18.4 Å². The monoisotopic (exact) mass is 416 g/mol. The van der Waals surface area contributed by atoms with Gasteiger partial charge in [0.05, 0.1) is 24.1 Å². The van der Waals surface area contributed by atoms with Crippen molar-refractivity contribution in [3.8, 4) is 5.88 Å². The van der Waals surface area contributed by atoms with Crippen molar-refractivity contribution >= 4 is 23.0 Å². The second kappa shape index (κ2) is 8.41. The Kier molecular flexibility index (Phi) is 5.32.